The van der Waals surface area contributed by atoms with Crippen molar-refractivity contribution in [1.82, 2.24) is 14.4 Å². The fourth-order valence-corrected chi connectivity index (χ4v) is 5.80. The number of carbonyl (C=O) groups excluding carboxylic acids is 1. The van der Waals surface area contributed by atoms with Crippen LogP contribution in [0, 0.1) is 27.7 Å². The van der Waals surface area contributed by atoms with Crippen LogP contribution in [0.25, 0.3) is 0 Å². The number of amides is 1. The van der Waals surface area contributed by atoms with Crippen LogP contribution >= 0.6 is 0 Å². The molecule has 4 rings (SSSR count). The molecule has 1 saturated heterocycles. The number of anilines is 2. The average Bonchev–Trinajstić information content (AvgIpc) is 3.15. The lowest BCUT2D eigenvalue weighted by Crippen LogP contribution is -2.50. The van der Waals surface area contributed by atoms with Crippen molar-refractivity contribution in [2.45, 2.75) is 32.6 Å². The first kappa shape index (κ1) is 23.0. The number of hydrogen-bond acceptors (Lipinski definition) is 6. The zero-order valence-electron chi connectivity index (χ0n) is 19.3. The topological polar surface area (TPSA) is 95.8 Å². The molecule has 174 valence electrons. The molecule has 2 heterocycles. The van der Waals surface area contributed by atoms with Gasteiger partial charge in [-0.25, -0.2) is 8.42 Å². The van der Waals surface area contributed by atoms with Crippen molar-refractivity contribution in [1.29, 1.82) is 0 Å². The van der Waals surface area contributed by atoms with Crippen LogP contribution in [0.5, 0.6) is 0 Å². The number of rotatable bonds is 5. The van der Waals surface area contributed by atoms with E-state index in [9.17, 15) is 13.2 Å². The Bertz CT molecular complexity index is 1270. The van der Waals surface area contributed by atoms with Crippen LogP contribution in [0.2, 0.25) is 0 Å². The fraction of sp³-hybridized carbons (Fsp3) is 0.333. The van der Waals surface area contributed by atoms with Crippen LogP contribution in [0.4, 0.5) is 11.4 Å². The van der Waals surface area contributed by atoms with Crippen molar-refractivity contribution >= 4 is 27.3 Å². The Morgan fingerprint density at radius 3 is 2.27 bits per heavy atom. The molecule has 0 bridgehead atoms. The van der Waals surface area contributed by atoms with E-state index in [0.717, 1.165) is 16.9 Å². The number of nitrogens with one attached hydrogen (secondary N) is 1. The SMILES string of the molecule is Cc1cccc(Nc2ccccc2C(=O)N2CCN(S(=O)(=O)c3c(C)noc3C)CC2)c1C. The first-order chi connectivity index (χ1) is 15.7. The van der Waals surface area contributed by atoms with Crippen LogP contribution in [-0.2, 0) is 10.0 Å². The molecule has 0 saturated carbocycles. The van der Waals surface area contributed by atoms with Crippen LogP contribution in [0.15, 0.2) is 51.9 Å². The largest absolute Gasteiger partial charge is 0.360 e. The summed E-state index contributed by atoms with van der Waals surface area (Å²) >= 11 is 0. The molecule has 3 aromatic rings. The van der Waals surface area contributed by atoms with E-state index in [1.807, 2.05) is 50.2 Å². The van der Waals surface area contributed by atoms with Gasteiger partial charge in [0.2, 0.25) is 10.0 Å². The minimum absolute atomic E-state index is 0.116. The van der Waals surface area contributed by atoms with E-state index in [-0.39, 0.29) is 29.7 Å². The Hall–Kier alpha value is -3.17. The van der Waals surface area contributed by atoms with Gasteiger partial charge >= 0.3 is 0 Å². The van der Waals surface area contributed by atoms with Crippen LogP contribution in [0.1, 0.15) is 32.9 Å². The molecule has 0 unspecified atom stereocenters. The lowest BCUT2D eigenvalue weighted by molar-refractivity contribution is 0.0699. The maximum absolute atomic E-state index is 13.3. The van der Waals surface area contributed by atoms with Crippen LogP contribution < -0.4 is 5.32 Å². The molecule has 0 atom stereocenters. The summed E-state index contributed by atoms with van der Waals surface area (Å²) in [5, 5.41) is 7.16. The van der Waals surface area contributed by atoms with Crippen molar-refractivity contribution in [2.24, 2.45) is 0 Å². The molecule has 1 fully saturated rings. The van der Waals surface area contributed by atoms with Gasteiger partial charge < -0.3 is 14.7 Å². The number of para-hydroxylation sites is 1. The third-order valence-corrected chi connectivity index (χ3v) is 8.27. The van der Waals surface area contributed by atoms with Gasteiger partial charge in [-0.1, -0.05) is 29.4 Å². The molecular weight excluding hydrogens is 440 g/mol. The Balaban J connectivity index is 1.50. The molecule has 1 aromatic heterocycles. The second-order valence-corrected chi connectivity index (χ2v) is 10.1. The zero-order valence-corrected chi connectivity index (χ0v) is 20.1. The van der Waals surface area contributed by atoms with Crippen molar-refractivity contribution in [3.05, 3.63) is 70.6 Å². The first-order valence-corrected chi connectivity index (χ1v) is 12.3. The number of piperazine rings is 1. The van der Waals surface area contributed by atoms with E-state index in [2.05, 4.69) is 10.5 Å². The number of nitrogens with zero attached hydrogens (tertiary/aromatic N) is 3. The van der Waals surface area contributed by atoms with Gasteiger partial charge in [-0.15, -0.1) is 0 Å². The number of aromatic nitrogens is 1. The zero-order chi connectivity index (χ0) is 23.8. The highest BCUT2D eigenvalue weighted by molar-refractivity contribution is 7.89. The molecule has 1 aliphatic heterocycles. The van der Waals surface area contributed by atoms with E-state index in [1.54, 1.807) is 24.8 Å². The minimum Gasteiger partial charge on any atom is -0.360 e. The Kier molecular flexibility index (Phi) is 6.27. The molecule has 2 aromatic carbocycles. The summed E-state index contributed by atoms with van der Waals surface area (Å²) in [4.78, 5) is 15.2. The number of carbonyl (C=O) groups is 1. The van der Waals surface area contributed by atoms with Gasteiger partial charge in [-0.05, 0) is 57.0 Å². The third kappa shape index (κ3) is 4.38. The predicted molar refractivity (Wildman–Crippen MR) is 126 cm³/mol. The molecule has 0 spiro atoms. The minimum atomic E-state index is -3.72. The number of benzene rings is 2. The lowest BCUT2D eigenvalue weighted by atomic mass is 10.1. The molecule has 1 N–H and O–H groups in total. The monoisotopic (exact) mass is 468 g/mol. The molecule has 1 amide bonds. The van der Waals surface area contributed by atoms with Crippen LogP contribution in [-0.4, -0.2) is 54.9 Å². The third-order valence-electron chi connectivity index (χ3n) is 6.12. The summed E-state index contributed by atoms with van der Waals surface area (Å²) in [6, 6.07) is 13.4. The van der Waals surface area contributed by atoms with E-state index in [1.165, 1.54) is 9.87 Å². The average molecular weight is 469 g/mol. The normalized spacial score (nSPS) is 15.0. The summed E-state index contributed by atoms with van der Waals surface area (Å²) in [5.41, 5.74) is 4.86. The highest BCUT2D eigenvalue weighted by Gasteiger charge is 2.34. The first-order valence-electron chi connectivity index (χ1n) is 10.8. The van der Waals surface area contributed by atoms with Crippen molar-refractivity contribution in [3.63, 3.8) is 0 Å². The van der Waals surface area contributed by atoms with Crippen molar-refractivity contribution in [2.75, 3.05) is 31.5 Å². The van der Waals surface area contributed by atoms with Crippen molar-refractivity contribution < 1.29 is 17.7 Å². The smallest absolute Gasteiger partial charge is 0.256 e. The highest BCUT2D eigenvalue weighted by atomic mass is 32.2. The molecule has 8 nitrogen and oxygen atoms in total. The van der Waals surface area contributed by atoms with Gasteiger partial charge in [-0.2, -0.15) is 4.31 Å². The Morgan fingerprint density at radius 1 is 0.939 bits per heavy atom. The summed E-state index contributed by atoms with van der Waals surface area (Å²) in [6.07, 6.45) is 0. The quantitative estimate of drug-likeness (QED) is 0.612. The summed E-state index contributed by atoms with van der Waals surface area (Å²) in [6.45, 7) is 8.33. The highest BCUT2D eigenvalue weighted by Crippen LogP contribution is 2.28. The summed E-state index contributed by atoms with van der Waals surface area (Å²) in [7, 11) is -3.72. The van der Waals surface area contributed by atoms with E-state index in [0.29, 0.717) is 24.3 Å². The van der Waals surface area contributed by atoms with Gasteiger partial charge in [0.25, 0.3) is 5.91 Å². The maximum Gasteiger partial charge on any atom is 0.256 e. The van der Waals surface area contributed by atoms with Gasteiger partial charge in [0.05, 0.1) is 11.3 Å². The van der Waals surface area contributed by atoms with Gasteiger partial charge in [0.1, 0.15) is 10.6 Å². The molecule has 0 aliphatic carbocycles. The van der Waals surface area contributed by atoms with Crippen LogP contribution in [0.3, 0.4) is 0 Å². The van der Waals surface area contributed by atoms with Gasteiger partial charge in [-0.3, -0.25) is 4.79 Å². The van der Waals surface area contributed by atoms with Gasteiger partial charge in [0.15, 0.2) is 5.76 Å². The molecule has 0 radical (unpaired) electrons. The van der Waals surface area contributed by atoms with E-state index >= 15 is 0 Å². The molecule has 1 aliphatic rings. The molecule has 9 heteroatoms. The summed E-state index contributed by atoms with van der Waals surface area (Å²) < 4.78 is 32.6. The number of aryl methyl sites for hydroxylation is 3. The fourth-order valence-electron chi connectivity index (χ4n) is 4.08. The lowest BCUT2D eigenvalue weighted by Gasteiger charge is -2.34. The standard InChI is InChI=1S/C24H28N4O4S/c1-16-8-7-11-21(17(16)2)25-22-10-6-5-9-20(22)24(29)27-12-14-28(15-13-27)33(30,31)23-18(3)26-32-19(23)4/h5-11,25H,12-15H2,1-4H3. The van der Waals surface area contributed by atoms with E-state index < -0.39 is 10.0 Å². The summed E-state index contributed by atoms with van der Waals surface area (Å²) in [5.74, 6) is 0.148. The molecule has 33 heavy (non-hydrogen) atoms. The number of sulfonamides is 1. The molecular formula is C24H28N4O4S. The number of hydrogen-bond donors (Lipinski definition) is 1. The second kappa shape index (κ2) is 8.99. The Morgan fingerprint density at radius 2 is 1.61 bits per heavy atom. The Labute approximate surface area is 194 Å². The maximum atomic E-state index is 13.3. The van der Waals surface area contributed by atoms with Crippen molar-refractivity contribution in [3.8, 4) is 0 Å². The predicted octanol–water partition coefficient (Wildman–Crippen LogP) is 3.80. The van der Waals surface area contributed by atoms with E-state index in [4.69, 9.17) is 4.52 Å². The van der Waals surface area contributed by atoms with Gasteiger partial charge in [0, 0.05) is 31.9 Å². The second-order valence-electron chi connectivity index (χ2n) is 8.27.